The van der Waals surface area contributed by atoms with E-state index in [1.807, 2.05) is 0 Å². The van der Waals surface area contributed by atoms with Gasteiger partial charge in [0.1, 0.15) is 0 Å². The van der Waals surface area contributed by atoms with Gasteiger partial charge in [-0.3, -0.25) is 4.68 Å². The molecule has 1 aromatic heterocycles. The Labute approximate surface area is 121 Å². The summed E-state index contributed by atoms with van der Waals surface area (Å²) in [6, 6.07) is 2.76. The van der Waals surface area contributed by atoms with Crippen molar-refractivity contribution >= 4 is 0 Å². The summed E-state index contributed by atoms with van der Waals surface area (Å²) in [6.07, 6.45) is 11.9. The minimum absolute atomic E-state index is 0.104. The monoisotopic (exact) mass is 277 g/mol. The van der Waals surface area contributed by atoms with Gasteiger partial charge in [0.2, 0.25) is 0 Å². The molecule has 0 bridgehead atoms. The van der Waals surface area contributed by atoms with Gasteiger partial charge in [0.05, 0.1) is 17.8 Å². The summed E-state index contributed by atoms with van der Waals surface area (Å²) in [5, 5.41) is 18.1. The molecule has 1 aromatic rings. The summed E-state index contributed by atoms with van der Waals surface area (Å²) in [5.41, 5.74) is 1.13. The van der Waals surface area contributed by atoms with Crippen molar-refractivity contribution in [1.29, 1.82) is 0 Å². The quantitative estimate of drug-likeness (QED) is 0.870. The van der Waals surface area contributed by atoms with Gasteiger partial charge < -0.3 is 10.4 Å². The Hall–Kier alpha value is -0.870. The van der Waals surface area contributed by atoms with Crippen molar-refractivity contribution in [3.8, 4) is 0 Å². The number of nitrogens with one attached hydrogen (secondary N) is 1. The molecule has 0 radical (unpaired) electrons. The van der Waals surface area contributed by atoms with E-state index in [2.05, 4.69) is 27.4 Å². The highest BCUT2D eigenvalue weighted by Gasteiger charge is 2.22. The van der Waals surface area contributed by atoms with Crippen LogP contribution in [0.25, 0.3) is 0 Å². The molecule has 2 saturated carbocycles. The summed E-state index contributed by atoms with van der Waals surface area (Å²) in [7, 11) is 0. The fourth-order valence-electron chi connectivity index (χ4n) is 3.66. The third-order valence-corrected chi connectivity index (χ3v) is 4.94. The van der Waals surface area contributed by atoms with Gasteiger partial charge in [-0.05, 0) is 37.7 Å². The standard InChI is InChI=1S/C16H27N3O/c20-16-8-4-1-5-13(16)11-17-12-14-9-10-19(18-14)15-6-2-3-7-15/h9-10,13,15-17,20H,1-8,11-12H2. The van der Waals surface area contributed by atoms with Crippen LogP contribution in [0, 0.1) is 5.92 Å². The lowest BCUT2D eigenvalue weighted by atomic mass is 9.86. The van der Waals surface area contributed by atoms with Crippen LogP contribution in [-0.2, 0) is 6.54 Å². The highest BCUT2D eigenvalue weighted by atomic mass is 16.3. The Morgan fingerprint density at radius 1 is 1.15 bits per heavy atom. The zero-order valence-corrected chi connectivity index (χ0v) is 12.3. The van der Waals surface area contributed by atoms with Crippen molar-refractivity contribution in [2.45, 2.75) is 70.1 Å². The van der Waals surface area contributed by atoms with Crippen molar-refractivity contribution < 1.29 is 5.11 Å². The van der Waals surface area contributed by atoms with Gasteiger partial charge in [0.15, 0.2) is 0 Å². The minimum Gasteiger partial charge on any atom is -0.393 e. The molecule has 3 rings (SSSR count). The first kappa shape index (κ1) is 14.1. The molecule has 1 heterocycles. The number of rotatable bonds is 5. The zero-order valence-electron chi connectivity index (χ0n) is 12.3. The van der Waals surface area contributed by atoms with E-state index < -0.39 is 0 Å². The minimum atomic E-state index is -0.104. The Morgan fingerprint density at radius 2 is 1.90 bits per heavy atom. The molecule has 0 amide bonds. The molecule has 2 fully saturated rings. The van der Waals surface area contributed by atoms with Crippen LogP contribution in [0.15, 0.2) is 12.3 Å². The van der Waals surface area contributed by atoms with Crippen LogP contribution in [0.2, 0.25) is 0 Å². The Kier molecular flexibility index (Phi) is 4.73. The summed E-state index contributed by atoms with van der Waals surface area (Å²) in [5.74, 6) is 0.431. The molecule has 0 spiro atoms. The van der Waals surface area contributed by atoms with Gasteiger partial charge >= 0.3 is 0 Å². The second kappa shape index (κ2) is 6.72. The van der Waals surface area contributed by atoms with Crippen LogP contribution in [0.3, 0.4) is 0 Å². The molecule has 4 heteroatoms. The van der Waals surface area contributed by atoms with Gasteiger partial charge in [-0.25, -0.2) is 0 Å². The van der Waals surface area contributed by atoms with E-state index in [4.69, 9.17) is 0 Å². The predicted octanol–water partition coefficient (Wildman–Crippen LogP) is 2.64. The lowest BCUT2D eigenvalue weighted by molar-refractivity contribution is 0.0694. The number of aromatic nitrogens is 2. The normalized spacial score (nSPS) is 28.1. The van der Waals surface area contributed by atoms with Crippen LogP contribution >= 0.6 is 0 Å². The first-order valence-corrected chi connectivity index (χ1v) is 8.26. The van der Waals surface area contributed by atoms with Crippen molar-refractivity contribution in [2.24, 2.45) is 5.92 Å². The molecule has 2 aliphatic carbocycles. The van der Waals surface area contributed by atoms with Gasteiger partial charge in [0.25, 0.3) is 0 Å². The molecule has 20 heavy (non-hydrogen) atoms. The van der Waals surface area contributed by atoms with Gasteiger partial charge in [-0.2, -0.15) is 5.10 Å². The van der Waals surface area contributed by atoms with Gasteiger partial charge in [-0.15, -0.1) is 0 Å². The predicted molar refractivity (Wildman–Crippen MR) is 79.4 cm³/mol. The fraction of sp³-hybridized carbons (Fsp3) is 0.812. The smallest absolute Gasteiger partial charge is 0.0762 e. The number of aliphatic hydroxyl groups is 1. The Morgan fingerprint density at radius 3 is 2.70 bits per heavy atom. The number of hydrogen-bond donors (Lipinski definition) is 2. The summed E-state index contributed by atoms with van der Waals surface area (Å²) in [4.78, 5) is 0. The second-order valence-corrected chi connectivity index (χ2v) is 6.47. The van der Waals surface area contributed by atoms with E-state index in [1.165, 1.54) is 38.5 Å². The number of aliphatic hydroxyl groups excluding tert-OH is 1. The van der Waals surface area contributed by atoms with E-state index in [9.17, 15) is 5.11 Å². The molecule has 0 aliphatic heterocycles. The Balaban J connectivity index is 1.44. The fourth-order valence-corrected chi connectivity index (χ4v) is 3.66. The molecule has 2 aliphatic rings. The highest BCUT2D eigenvalue weighted by Crippen LogP contribution is 2.28. The van der Waals surface area contributed by atoms with E-state index in [0.717, 1.165) is 31.6 Å². The first-order valence-electron chi connectivity index (χ1n) is 8.26. The van der Waals surface area contributed by atoms with Gasteiger partial charge in [-0.1, -0.05) is 25.7 Å². The van der Waals surface area contributed by atoms with Crippen LogP contribution in [0.4, 0.5) is 0 Å². The molecule has 0 aromatic carbocycles. The molecule has 112 valence electrons. The van der Waals surface area contributed by atoms with Crippen LogP contribution in [0.5, 0.6) is 0 Å². The number of nitrogens with zero attached hydrogens (tertiary/aromatic N) is 2. The third kappa shape index (κ3) is 3.41. The topological polar surface area (TPSA) is 50.1 Å². The Bertz CT molecular complexity index is 412. The maximum absolute atomic E-state index is 9.95. The molecule has 2 atom stereocenters. The summed E-state index contributed by atoms with van der Waals surface area (Å²) >= 11 is 0. The molecular formula is C16H27N3O. The molecule has 2 unspecified atom stereocenters. The molecule has 0 saturated heterocycles. The van der Waals surface area contributed by atoms with E-state index in [0.29, 0.717) is 12.0 Å². The van der Waals surface area contributed by atoms with E-state index >= 15 is 0 Å². The van der Waals surface area contributed by atoms with Crippen molar-refractivity contribution in [2.75, 3.05) is 6.54 Å². The van der Waals surface area contributed by atoms with Crippen molar-refractivity contribution in [1.82, 2.24) is 15.1 Å². The zero-order chi connectivity index (χ0) is 13.8. The first-order chi connectivity index (χ1) is 9.83. The molecular weight excluding hydrogens is 250 g/mol. The highest BCUT2D eigenvalue weighted by molar-refractivity contribution is 5.00. The van der Waals surface area contributed by atoms with Gasteiger partial charge in [0, 0.05) is 19.3 Å². The molecule has 2 N–H and O–H groups in total. The average molecular weight is 277 g/mol. The summed E-state index contributed by atoms with van der Waals surface area (Å²) < 4.78 is 2.15. The van der Waals surface area contributed by atoms with Crippen LogP contribution in [0.1, 0.15) is 63.1 Å². The van der Waals surface area contributed by atoms with E-state index in [-0.39, 0.29) is 6.10 Å². The second-order valence-electron chi connectivity index (χ2n) is 6.47. The molecule has 4 nitrogen and oxygen atoms in total. The van der Waals surface area contributed by atoms with Crippen molar-refractivity contribution in [3.63, 3.8) is 0 Å². The van der Waals surface area contributed by atoms with Crippen molar-refractivity contribution in [3.05, 3.63) is 18.0 Å². The lowest BCUT2D eigenvalue weighted by Crippen LogP contribution is -2.33. The maximum Gasteiger partial charge on any atom is 0.0762 e. The van der Waals surface area contributed by atoms with Crippen LogP contribution in [-0.4, -0.2) is 27.5 Å². The SMILES string of the molecule is OC1CCCCC1CNCc1ccn(C2CCCC2)n1. The maximum atomic E-state index is 9.95. The lowest BCUT2D eigenvalue weighted by Gasteiger charge is -2.27. The van der Waals surface area contributed by atoms with Crippen LogP contribution < -0.4 is 5.32 Å². The number of hydrogen-bond acceptors (Lipinski definition) is 3. The van der Waals surface area contributed by atoms with E-state index in [1.54, 1.807) is 0 Å². The average Bonchev–Trinajstić information content (AvgIpc) is 3.11. The third-order valence-electron chi connectivity index (χ3n) is 4.94. The summed E-state index contributed by atoms with van der Waals surface area (Å²) in [6.45, 7) is 1.74. The largest absolute Gasteiger partial charge is 0.393 e.